The standard InChI is InChI=1S/C16H16N2O2S/c1-2-21-14-9-4-3-8-13(14)16(20)18-12-7-5-6-11(10-12)15(17)19/h3-10H,2H2,1H3,(H2,17,19)(H,18,20). The fourth-order valence-electron chi connectivity index (χ4n) is 1.88. The number of nitrogens with two attached hydrogens (primary N) is 1. The third kappa shape index (κ3) is 3.86. The number of hydrogen-bond donors (Lipinski definition) is 2. The predicted molar refractivity (Wildman–Crippen MR) is 85.8 cm³/mol. The zero-order chi connectivity index (χ0) is 15.2. The Hall–Kier alpha value is -2.27. The number of primary amides is 1. The summed E-state index contributed by atoms with van der Waals surface area (Å²) in [6.45, 7) is 2.04. The van der Waals surface area contributed by atoms with Crippen LogP contribution < -0.4 is 11.1 Å². The van der Waals surface area contributed by atoms with Gasteiger partial charge in [0, 0.05) is 16.1 Å². The molecule has 5 heteroatoms. The summed E-state index contributed by atoms with van der Waals surface area (Å²) in [5, 5.41) is 2.79. The first-order valence-electron chi connectivity index (χ1n) is 6.55. The normalized spacial score (nSPS) is 10.1. The SMILES string of the molecule is CCSc1ccccc1C(=O)Nc1cccc(C(N)=O)c1. The minimum atomic E-state index is -0.520. The molecule has 0 aromatic heterocycles. The van der Waals surface area contributed by atoms with Gasteiger partial charge >= 0.3 is 0 Å². The van der Waals surface area contributed by atoms with Crippen molar-refractivity contribution in [3.63, 3.8) is 0 Å². The molecule has 0 heterocycles. The van der Waals surface area contributed by atoms with Crippen LogP contribution in [0.4, 0.5) is 5.69 Å². The maximum Gasteiger partial charge on any atom is 0.256 e. The number of benzene rings is 2. The van der Waals surface area contributed by atoms with Crippen molar-refractivity contribution in [2.45, 2.75) is 11.8 Å². The smallest absolute Gasteiger partial charge is 0.256 e. The molecule has 21 heavy (non-hydrogen) atoms. The summed E-state index contributed by atoms with van der Waals surface area (Å²) in [4.78, 5) is 24.4. The minimum Gasteiger partial charge on any atom is -0.366 e. The quantitative estimate of drug-likeness (QED) is 0.833. The molecule has 2 amide bonds. The topological polar surface area (TPSA) is 72.2 Å². The molecule has 0 unspecified atom stereocenters. The number of carbonyl (C=O) groups excluding carboxylic acids is 2. The molecule has 2 rings (SSSR count). The lowest BCUT2D eigenvalue weighted by Gasteiger charge is -2.09. The molecule has 2 aromatic carbocycles. The van der Waals surface area contributed by atoms with Crippen molar-refractivity contribution in [3.05, 3.63) is 59.7 Å². The molecule has 0 atom stereocenters. The molecule has 0 radical (unpaired) electrons. The zero-order valence-electron chi connectivity index (χ0n) is 11.6. The largest absolute Gasteiger partial charge is 0.366 e. The Morgan fingerprint density at radius 2 is 1.90 bits per heavy atom. The highest BCUT2D eigenvalue weighted by Crippen LogP contribution is 2.23. The van der Waals surface area contributed by atoms with Gasteiger partial charge in [0.05, 0.1) is 5.56 Å². The van der Waals surface area contributed by atoms with Crippen molar-refractivity contribution in [3.8, 4) is 0 Å². The van der Waals surface area contributed by atoms with Gasteiger partial charge in [-0.25, -0.2) is 0 Å². The minimum absolute atomic E-state index is 0.201. The molecule has 0 aliphatic heterocycles. The number of amides is 2. The third-order valence-corrected chi connectivity index (χ3v) is 3.79. The Kier molecular flexibility index (Phi) is 5.00. The van der Waals surface area contributed by atoms with Crippen LogP contribution in [0.25, 0.3) is 0 Å². The predicted octanol–water partition coefficient (Wildman–Crippen LogP) is 3.15. The molecule has 0 fully saturated rings. The number of anilines is 1. The summed E-state index contributed by atoms with van der Waals surface area (Å²) in [7, 11) is 0. The van der Waals surface area contributed by atoms with Gasteiger partial charge in [-0.05, 0) is 36.1 Å². The summed E-state index contributed by atoms with van der Waals surface area (Å²) in [5.74, 6) is 0.169. The van der Waals surface area contributed by atoms with Crippen LogP contribution in [0, 0.1) is 0 Å². The van der Waals surface area contributed by atoms with E-state index in [0.717, 1.165) is 10.6 Å². The molecular formula is C16H16N2O2S. The highest BCUT2D eigenvalue weighted by Gasteiger charge is 2.11. The second-order valence-corrected chi connectivity index (χ2v) is 5.63. The molecule has 0 aliphatic carbocycles. The van der Waals surface area contributed by atoms with E-state index in [2.05, 4.69) is 5.32 Å². The highest BCUT2D eigenvalue weighted by molar-refractivity contribution is 7.99. The summed E-state index contributed by atoms with van der Waals surface area (Å²) < 4.78 is 0. The molecular weight excluding hydrogens is 284 g/mol. The van der Waals surface area contributed by atoms with Crippen molar-refractivity contribution >= 4 is 29.3 Å². The lowest BCUT2D eigenvalue weighted by Crippen LogP contribution is -2.15. The summed E-state index contributed by atoms with van der Waals surface area (Å²) in [6, 6.07) is 14.0. The number of thioether (sulfide) groups is 1. The van der Waals surface area contributed by atoms with Crippen LogP contribution in [0.5, 0.6) is 0 Å². The molecule has 0 aliphatic rings. The van der Waals surface area contributed by atoms with Crippen LogP contribution in [0.3, 0.4) is 0 Å². The lowest BCUT2D eigenvalue weighted by atomic mass is 10.1. The molecule has 108 valence electrons. The van der Waals surface area contributed by atoms with Crippen molar-refractivity contribution in [1.29, 1.82) is 0 Å². The fourth-order valence-corrected chi connectivity index (χ4v) is 2.69. The van der Waals surface area contributed by atoms with Crippen LogP contribution in [-0.2, 0) is 0 Å². The van der Waals surface area contributed by atoms with Crippen LogP contribution in [0.1, 0.15) is 27.6 Å². The van der Waals surface area contributed by atoms with E-state index in [1.54, 1.807) is 42.1 Å². The Morgan fingerprint density at radius 1 is 1.14 bits per heavy atom. The molecule has 4 nitrogen and oxygen atoms in total. The molecule has 0 saturated heterocycles. The number of rotatable bonds is 5. The molecule has 3 N–H and O–H groups in total. The summed E-state index contributed by atoms with van der Waals surface area (Å²) >= 11 is 1.61. The Bertz CT molecular complexity index is 671. The zero-order valence-corrected chi connectivity index (χ0v) is 12.4. The number of carbonyl (C=O) groups is 2. The monoisotopic (exact) mass is 300 g/mol. The van der Waals surface area contributed by atoms with Gasteiger partial charge in [-0.1, -0.05) is 25.1 Å². The average molecular weight is 300 g/mol. The first-order valence-corrected chi connectivity index (χ1v) is 7.53. The fraction of sp³-hybridized carbons (Fsp3) is 0.125. The van der Waals surface area contributed by atoms with Gasteiger partial charge in [-0.2, -0.15) is 0 Å². The van der Waals surface area contributed by atoms with Gasteiger partial charge in [0.15, 0.2) is 0 Å². The molecule has 0 spiro atoms. The van der Waals surface area contributed by atoms with Crippen LogP contribution in [0.15, 0.2) is 53.4 Å². The van der Waals surface area contributed by atoms with E-state index in [1.807, 2.05) is 25.1 Å². The van der Waals surface area contributed by atoms with Gasteiger partial charge in [-0.3, -0.25) is 9.59 Å². The van der Waals surface area contributed by atoms with E-state index in [1.165, 1.54) is 0 Å². The highest BCUT2D eigenvalue weighted by atomic mass is 32.2. The second-order valence-electron chi connectivity index (χ2n) is 4.33. The van der Waals surface area contributed by atoms with Gasteiger partial charge in [-0.15, -0.1) is 11.8 Å². The Labute approximate surface area is 127 Å². The van der Waals surface area contributed by atoms with E-state index in [4.69, 9.17) is 5.73 Å². The lowest BCUT2D eigenvalue weighted by molar-refractivity contribution is 0.0995. The Morgan fingerprint density at radius 3 is 2.62 bits per heavy atom. The summed E-state index contributed by atoms with van der Waals surface area (Å²) in [5.41, 5.74) is 6.77. The van der Waals surface area contributed by atoms with Crippen LogP contribution in [0.2, 0.25) is 0 Å². The van der Waals surface area contributed by atoms with Gasteiger partial charge in [0.2, 0.25) is 5.91 Å². The third-order valence-electron chi connectivity index (χ3n) is 2.84. The maximum absolute atomic E-state index is 12.4. The van der Waals surface area contributed by atoms with Crippen molar-refractivity contribution < 1.29 is 9.59 Å². The first-order chi connectivity index (χ1) is 10.1. The molecule has 0 saturated carbocycles. The van der Waals surface area contributed by atoms with E-state index in [0.29, 0.717) is 16.8 Å². The maximum atomic E-state index is 12.4. The van der Waals surface area contributed by atoms with E-state index in [-0.39, 0.29) is 5.91 Å². The average Bonchev–Trinajstić information content (AvgIpc) is 2.48. The summed E-state index contributed by atoms with van der Waals surface area (Å²) in [6.07, 6.45) is 0. The van der Waals surface area contributed by atoms with Gasteiger partial charge in [0.1, 0.15) is 0 Å². The van der Waals surface area contributed by atoms with Crippen LogP contribution >= 0.6 is 11.8 Å². The van der Waals surface area contributed by atoms with Crippen molar-refractivity contribution in [2.75, 3.05) is 11.1 Å². The Balaban J connectivity index is 2.22. The van der Waals surface area contributed by atoms with E-state index < -0.39 is 5.91 Å². The van der Waals surface area contributed by atoms with Gasteiger partial charge < -0.3 is 11.1 Å². The van der Waals surface area contributed by atoms with E-state index >= 15 is 0 Å². The van der Waals surface area contributed by atoms with E-state index in [9.17, 15) is 9.59 Å². The number of nitrogens with one attached hydrogen (secondary N) is 1. The van der Waals surface area contributed by atoms with Gasteiger partial charge in [0.25, 0.3) is 5.91 Å². The molecule has 0 bridgehead atoms. The molecule has 2 aromatic rings. The van der Waals surface area contributed by atoms with Crippen molar-refractivity contribution in [1.82, 2.24) is 0 Å². The van der Waals surface area contributed by atoms with Crippen molar-refractivity contribution in [2.24, 2.45) is 5.73 Å². The number of hydrogen-bond acceptors (Lipinski definition) is 3. The second kappa shape index (κ2) is 6.95. The first kappa shape index (κ1) is 15.1. The van der Waals surface area contributed by atoms with Crippen LogP contribution in [-0.4, -0.2) is 17.6 Å².